The maximum absolute atomic E-state index is 8.00. The van der Waals surface area contributed by atoms with E-state index in [-0.39, 0.29) is 23.2 Å². The topological polar surface area (TPSA) is 17.1 Å². The van der Waals surface area contributed by atoms with Gasteiger partial charge in [-0.2, -0.15) is 0 Å². The Morgan fingerprint density at radius 3 is 1.25 bits per heavy atom. The van der Waals surface area contributed by atoms with Crippen molar-refractivity contribution in [2.24, 2.45) is 0 Å². The molecule has 0 saturated carbocycles. The standard InChI is InChI=1S/CH2O.Fe.He/c1-2;;/h1H2;;. The Labute approximate surface area is 35.6 Å². The minimum absolute atomic E-state index is 0. The van der Waals surface area contributed by atoms with Crippen LogP contribution in [0.15, 0.2) is 0 Å². The van der Waals surface area contributed by atoms with E-state index in [9.17, 15) is 0 Å². The number of hydrogen-bond acceptors (Lipinski definition) is 1. The van der Waals surface area contributed by atoms with Gasteiger partial charge in [0.15, 0.2) is 0 Å². The summed E-state index contributed by atoms with van der Waals surface area (Å²) in [6.07, 6.45) is 0. The van der Waals surface area contributed by atoms with E-state index in [1.807, 2.05) is 6.79 Å². The first-order chi connectivity index (χ1) is 1.00. The molecule has 0 aliphatic rings. The molecule has 0 atom stereocenters. The Hall–Kier alpha value is 0.0986. The first kappa shape index (κ1) is 32.6. The molecular formula is CH2FeHeO. The molecule has 0 radical (unpaired) electrons. The number of carbonyl (C=O) groups excluding carboxylic acids is 1. The molecule has 4 heavy (non-hydrogen) atoms. The van der Waals surface area contributed by atoms with Gasteiger partial charge in [0.05, 0.1) is 0 Å². The van der Waals surface area contributed by atoms with Crippen LogP contribution in [-0.2, 0) is 21.9 Å². The molecule has 0 aromatic rings. The van der Waals surface area contributed by atoms with Crippen molar-refractivity contribution in [1.82, 2.24) is 0 Å². The summed E-state index contributed by atoms with van der Waals surface area (Å²) in [5.74, 6) is 0. The van der Waals surface area contributed by atoms with Crippen LogP contribution in [0.2, 0.25) is 0 Å². The average molecular weight is 89.9 g/mol. The van der Waals surface area contributed by atoms with Crippen LogP contribution in [0.3, 0.4) is 0 Å². The van der Waals surface area contributed by atoms with Gasteiger partial charge in [0.1, 0.15) is 6.79 Å². The molecule has 0 aliphatic heterocycles. The molecule has 0 spiro atoms. The summed E-state index contributed by atoms with van der Waals surface area (Å²) in [4.78, 5) is 8.00. The Balaban J connectivity index is -0.00000000500. The van der Waals surface area contributed by atoms with Gasteiger partial charge >= 0.3 is 0 Å². The van der Waals surface area contributed by atoms with Crippen molar-refractivity contribution >= 4 is 6.79 Å². The van der Waals surface area contributed by atoms with E-state index in [0.717, 1.165) is 0 Å². The van der Waals surface area contributed by atoms with Gasteiger partial charge < -0.3 is 4.79 Å². The fraction of sp³-hybridized carbons (Fsp3) is 0. The van der Waals surface area contributed by atoms with Crippen molar-refractivity contribution in [1.29, 1.82) is 0 Å². The van der Waals surface area contributed by atoms with E-state index >= 15 is 0 Å². The summed E-state index contributed by atoms with van der Waals surface area (Å²) in [7, 11) is 0. The van der Waals surface area contributed by atoms with Gasteiger partial charge in [0.25, 0.3) is 0 Å². The molecule has 3 heteroatoms. The van der Waals surface area contributed by atoms with E-state index in [2.05, 4.69) is 0 Å². The smallest absolute Gasteiger partial charge is 0.106 e. The van der Waals surface area contributed by atoms with Gasteiger partial charge in [-0.1, -0.05) is 0 Å². The predicted molar refractivity (Wildman–Crippen MR) is 7.12 cm³/mol. The van der Waals surface area contributed by atoms with Crippen molar-refractivity contribution in [3.05, 3.63) is 0 Å². The normalized spacial score (nSPS) is 1.00. The summed E-state index contributed by atoms with van der Waals surface area (Å²) in [5, 5.41) is 0. The Kier molecular flexibility index (Phi) is 11400. The summed E-state index contributed by atoms with van der Waals surface area (Å²) < 4.78 is 0. The molecule has 0 heterocycles. The SMILES string of the molecule is C=O.[Fe].[He]. The zero-order valence-corrected chi connectivity index (χ0v) is 3.28. The molecular weight excluding hydrogens is 87.9 g/mol. The largest absolute Gasteiger partial charge is 0.307 e. The molecule has 0 fully saturated rings. The second-order valence-corrected chi connectivity index (χ2v) is 0. The average Bonchev–Trinajstić information content (AvgIpc) is 1.00. The first-order valence-electron chi connectivity index (χ1n) is 0.289. The van der Waals surface area contributed by atoms with Crippen LogP contribution in [0.5, 0.6) is 0 Å². The molecule has 0 aliphatic carbocycles. The van der Waals surface area contributed by atoms with E-state index in [1.54, 1.807) is 0 Å². The van der Waals surface area contributed by atoms with Crippen molar-refractivity contribution in [2.45, 2.75) is 0 Å². The first-order valence-corrected chi connectivity index (χ1v) is 0.289. The fourth-order valence-electron chi connectivity index (χ4n) is 0. The fourth-order valence-corrected chi connectivity index (χ4v) is 0. The van der Waals surface area contributed by atoms with E-state index in [4.69, 9.17) is 4.79 Å². The van der Waals surface area contributed by atoms with E-state index in [1.165, 1.54) is 0 Å². The number of carbonyl (C=O) groups is 1. The summed E-state index contributed by atoms with van der Waals surface area (Å²) in [5.41, 5.74) is 0. The van der Waals surface area contributed by atoms with Crippen molar-refractivity contribution in [3.63, 3.8) is 0 Å². The van der Waals surface area contributed by atoms with Gasteiger partial charge in [-0.15, -0.1) is 0 Å². The van der Waals surface area contributed by atoms with Crippen LogP contribution in [0, 0.1) is 6.15 Å². The van der Waals surface area contributed by atoms with Crippen LogP contribution < -0.4 is 0 Å². The molecule has 0 bridgehead atoms. The minimum atomic E-state index is 0. The van der Waals surface area contributed by atoms with Crippen molar-refractivity contribution < 1.29 is 28.0 Å². The van der Waals surface area contributed by atoms with E-state index < -0.39 is 0 Å². The third-order valence-electron chi connectivity index (χ3n) is 0. The number of hydrogen-bond donors (Lipinski definition) is 0. The molecule has 0 N–H and O–H groups in total. The van der Waals surface area contributed by atoms with Gasteiger partial charge in [-0.05, 0) is 0 Å². The Bertz CT molecular complexity index is 8.00. The predicted octanol–water partition coefficient (Wildman–Crippen LogP) is -0.187. The molecule has 0 aromatic carbocycles. The second kappa shape index (κ2) is 1400. The van der Waals surface area contributed by atoms with Crippen molar-refractivity contribution in [3.8, 4) is 0 Å². The second-order valence-electron chi connectivity index (χ2n) is 0. The molecule has 0 saturated heterocycles. The third kappa shape index (κ3) is 261. The van der Waals surface area contributed by atoms with Gasteiger partial charge in [0, 0.05) is 23.2 Å². The Morgan fingerprint density at radius 2 is 1.25 bits per heavy atom. The van der Waals surface area contributed by atoms with Gasteiger partial charge in [0.2, 0.25) is 0 Å². The third-order valence-corrected chi connectivity index (χ3v) is 0. The zero-order valence-electron chi connectivity index (χ0n) is 2.18. The molecule has 1 nitrogen and oxygen atoms in total. The van der Waals surface area contributed by atoms with Crippen LogP contribution >= 0.6 is 0 Å². The minimum Gasteiger partial charge on any atom is -0.307 e. The summed E-state index contributed by atoms with van der Waals surface area (Å²) >= 11 is 0. The van der Waals surface area contributed by atoms with E-state index in [0.29, 0.717) is 0 Å². The maximum Gasteiger partial charge on any atom is 0.106 e. The van der Waals surface area contributed by atoms with Crippen LogP contribution in [-0.4, -0.2) is 6.79 Å². The molecule has 0 unspecified atom stereocenters. The van der Waals surface area contributed by atoms with Crippen LogP contribution in [0.4, 0.5) is 0 Å². The van der Waals surface area contributed by atoms with Crippen molar-refractivity contribution in [2.75, 3.05) is 0 Å². The zero-order chi connectivity index (χ0) is 2.00. The molecule has 0 amide bonds. The van der Waals surface area contributed by atoms with Crippen LogP contribution in [0.25, 0.3) is 0 Å². The Morgan fingerprint density at radius 1 is 1.25 bits per heavy atom. The van der Waals surface area contributed by atoms with Gasteiger partial charge in [-0.25, -0.2) is 0 Å². The summed E-state index contributed by atoms with van der Waals surface area (Å²) in [6.45, 7) is 2.00. The quantitative estimate of drug-likeness (QED) is 0.377. The monoisotopic (exact) mass is 89.9 g/mol. The van der Waals surface area contributed by atoms with Crippen LogP contribution in [0.1, 0.15) is 0 Å². The molecule has 0 rings (SSSR count). The number of rotatable bonds is 0. The maximum atomic E-state index is 8.00. The van der Waals surface area contributed by atoms with Gasteiger partial charge in [-0.3, -0.25) is 0 Å². The molecule has 0 aromatic heterocycles. The molecule has 22 valence electrons. The summed E-state index contributed by atoms with van der Waals surface area (Å²) in [6, 6.07) is 0.